The van der Waals surface area contributed by atoms with Gasteiger partial charge in [0.05, 0.1) is 38.3 Å². The quantitative estimate of drug-likeness (QED) is 0.0250. The van der Waals surface area contributed by atoms with E-state index in [4.69, 9.17) is 5.73 Å². The van der Waals surface area contributed by atoms with Crippen molar-refractivity contribution in [2.45, 2.75) is 178 Å². The van der Waals surface area contributed by atoms with Gasteiger partial charge in [-0.05, 0) is 106 Å². The number of phenolic OH excluding ortho intramolecular Hbond substituents is 2. The number of aromatic hydroxyl groups is 2. The fraction of sp³-hybridized carbons (Fsp3) is 0.500. The number of carboxylic acids is 3. The molecule has 0 spiro atoms. The number of aliphatic hydroxyl groups is 3. The number of thioether (sulfide) groups is 1. The molecule has 0 bridgehead atoms. The van der Waals surface area contributed by atoms with Crippen LogP contribution in [0.4, 0.5) is 0 Å². The number of hydrogen-bond donors (Lipinski definition) is 22. The molecule has 0 unspecified atom stereocenters. The minimum Gasteiger partial charge on any atom is -0.508 e. The fourth-order valence-corrected chi connectivity index (χ4v) is 10.4. The summed E-state index contributed by atoms with van der Waals surface area (Å²) in [5.41, 5.74) is 7.26. The van der Waals surface area contributed by atoms with Crippen LogP contribution in [-0.4, -0.2) is 252 Å². The summed E-state index contributed by atoms with van der Waals surface area (Å²) in [4.78, 5) is 213. The van der Waals surface area contributed by atoms with E-state index in [1.807, 2.05) is 0 Å². The van der Waals surface area contributed by atoms with Crippen molar-refractivity contribution in [2.75, 3.05) is 31.8 Å². The Morgan fingerprint density at radius 3 is 1.30 bits per heavy atom. The van der Waals surface area contributed by atoms with Crippen molar-refractivity contribution in [1.82, 2.24) is 69.1 Å². The molecule has 0 saturated heterocycles. The number of hydrogen-bond acceptors (Lipinski definition) is 23. The molecule has 0 aliphatic carbocycles. The molecule has 0 aromatic heterocycles. The maximum absolute atomic E-state index is 14.2. The van der Waals surface area contributed by atoms with E-state index in [0.717, 1.165) is 13.8 Å². The molecule has 0 aliphatic heterocycles. The number of aliphatic hydroxyl groups excluding tert-OH is 3. The summed E-state index contributed by atoms with van der Waals surface area (Å²) in [6.07, 6.45) is -2.79. The lowest BCUT2D eigenvalue weighted by molar-refractivity contribution is -0.142. The van der Waals surface area contributed by atoms with E-state index in [2.05, 4.69) is 69.1 Å². The standard InChI is InChI=1S/C68H96N14O24S/c1-8-33(2)54(66(103)73-36(5)57(94)75-45(68(105)106)24-25-107-7)82-65(102)50(32-84)80-62(99)47(28-40-16-20-42(87)21-17-40)76-63(100)48(29-53(91)92)77-64(101)49(31-83)79-58(95)35(4)72-61(98)46(27-38-12-10-9-11-13-38)78-67(104)55(37(6)85)81-51(88)30-70-60(97)44(22-23-52(89)90)74-56(93)34(3)71-59(96)43(69)26-39-14-18-41(86)19-15-39/h9-21,33-37,43-50,54-55,83-87H,8,22-32,69H2,1-7H3,(H,70,97)(H,71,96)(H,72,98)(H,73,103)(H,74,93)(H,75,94)(H,76,100)(H,77,101)(H,78,104)(H,79,95)(H,80,99)(H,81,88)(H,82,102)(H,89,90)(H,91,92)(H,105,106)/t33-,34-,35-,36-,37+,43-,44-,45-,46-,47-,48-,49-,50-,54-,55-/m0/s1. The number of carbonyl (C=O) groups is 16. The smallest absolute Gasteiger partial charge is 0.326 e. The van der Waals surface area contributed by atoms with Crippen molar-refractivity contribution in [2.24, 2.45) is 11.7 Å². The predicted octanol–water partition coefficient (Wildman–Crippen LogP) is -5.96. The van der Waals surface area contributed by atoms with E-state index >= 15 is 0 Å². The number of rotatable bonds is 46. The third-order valence-corrected chi connectivity index (χ3v) is 17.0. The van der Waals surface area contributed by atoms with E-state index in [1.165, 1.54) is 74.1 Å². The van der Waals surface area contributed by atoms with Gasteiger partial charge in [-0.1, -0.05) is 74.9 Å². The van der Waals surface area contributed by atoms with Gasteiger partial charge < -0.3 is 116 Å². The first kappa shape index (κ1) is 90.2. The van der Waals surface area contributed by atoms with Gasteiger partial charge in [0.15, 0.2) is 0 Å². The van der Waals surface area contributed by atoms with Crippen LogP contribution in [0.1, 0.15) is 90.3 Å². The molecule has 13 amide bonds. The zero-order chi connectivity index (χ0) is 80.4. The Hall–Kier alpha value is -11.0. The minimum atomic E-state index is -2.12. The van der Waals surface area contributed by atoms with Gasteiger partial charge in [0.2, 0.25) is 76.8 Å². The van der Waals surface area contributed by atoms with Crippen LogP contribution in [0.15, 0.2) is 78.9 Å². The minimum absolute atomic E-state index is 0.0144. The summed E-state index contributed by atoms with van der Waals surface area (Å²) >= 11 is 1.34. The van der Waals surface area contributed by atoms with Crippen molar-refractivity contribution < 1.29 is 118 Å². The van der Waals surface area contributed by atoms with Crippen molar-refractivity contribution >= 4 is 106 Å². The second-order valence-corrected chi connectivity index (χ2v) is 26.0. The number of nitrogens with one attached hydrogen (secondary N) is 13. The van der Waals surface area contributed by atoms with Gasteiger partial charge in [-0.15, -0.1) is 0 Å². The summed E-state index contributed by atoms with van der Waals surface area (Å²) in [6, 6.07) is -2.25. The van der Waals surface area contributed by atoms with Crippen LogP contribution in [0.2, 0.25) is 0 Å². The van der Waals surface area contributed by atoms with Gasteiger partial charge in [0, 0.05) is 19.3 Å². The molecular formula is C68H96N14O24S. The molecule has 0 heterocycles. The van der Waals surface area contributed by atoms with Gasteiger partial charge in [0.25, 0.3) is 0 Å². The van der Waals surface area contributed by atoms with Gasteiger partial charge in [-0.2, -0.15) is 11.8 Å². The molecule has 3 rings (SSSR count). The Bertz CT molecular complexity index is 3580. The molecule has 38 nitrogen and oxygen atoms in total. The van der Waals surface area contributed by atoms with E-state index in [0.29, 0.717) is 16.9 Å². The zero-order valence-corrected chi connectivity index (χ0v) is 60.6. The Kier molecular flexibility index (Phi) is 38.2. The van der Waals surface area contributed by atoms with Crippen LogP contribution >= 0.6 is 11.8 Å². The molecule has 0 radical (unpaired) electrons. The van der Waals surface area contributed by atoms with Gasteiger partial charge >= 0.3 is 17.9 Å². The highest BCUT2D eigenvalue weighted by molar-refractivity contribution is 7.98. The SMILES string of the molecule is CC[C@H](C)[C@H](NC(=O)[C@H](CO)NC(=O)[C@H](Cc1ccc(O)cc1)NC(=O)[C@H](CC(=O)O)NC(=O)[C@H](CO)NC(=O)[C@H](C)NC(=O)[C@H](Cc1ccccc1)NC(=O)[C@@H](NC(=O)CNC(=O)[C@H](CCC(=O)O)NC(=O)[C@H](C)NC(=O)[C@@H](N)Cc1ccc(O)cc1)[C@@H](C)O)C(=O)N[C@@H](C)C(=O)N[C@@H](CCSC)C(=O)O. The first-order valence-corrected chi connectivity index (χ1v) is 35.1. The molecule has 15 atom stereocenters. The normalized spacial score (nSPS) is 15.2. The van der Waals surface area contributed by atoms with E-state index in [9.17, 15) is 118 Å². The van der Waals surface area contributed by atoms with E-state index in [-0.39, 0.29) is 42.7 Å². The third-order valence-electron chi connectivity index (χ3n) is 16.4. The summed E-state index contributed by atoms with van der Waals surface area (Å²) in [6.45, 7) is 4.65. The molecule has 3 aromatic rings. The zero-order valence-electron chi connectivity index (χ0n) is 59.7. The van der Waals surface area contributed by atoms with Crippen LogP contribution in [0.3, 0.4) is 0 Å². The van der Waals surface area contributed by atoms with Crippen molar-refractivity contribution in [1.29, 1.82) is 0 Å². The Labute approximate surface area is 618 Å². The van der Waals surface area contributed by atoms with Crippen molar-refractivity contribution in [3.05, 3.63) is 95.6 Å². The Morgan fingerprint density at radius 2 is 0.822 bits per heavy atom. The maximum Gasteiger partial charge on any atom is 0.326 e. The van der Waals surface area contributed by atoms with Crippen molar-refractivity contribution in [3.8, 4) is 11.5 Å². The molecule has 0 saturated carbocycles. The third kappa shape index (κ3) is 31.7. The number of aliphatic carboxylic acids is 3. The summed E-state index contributed by atoms with van der Waals surface area (Å²) in [5.74, 6) is -19.2. The average Bonchev–Trinajstić information content (AvgIpc) is 0.853. The predicted molar refractivity (Wildman–Crippen MR) is 380 cm³/mol. The van der Waals surface area contributed by atoms with Crippen molar-refractivity contribution in [3.63, 3.8) is 0 Å². The summed E-state index contributed by atoms with van der Waals surface area (Å²) < 4.78 is 0. The molecule has 0 aliphatic rings. The number of carboxylic acid groups (broad SMARTS) is 3. The molecule has 107 heavy (non-hydrogen) atoms. The van der Waals surface area contributed by atoms with Gasteiger partial charge in [-0.25, -0.2) is 4.79 Å². The number of carbonyl (C=O) groups excluding carboxylic acids is 13. The molecule has 39 heteroatoms. The Balaban J connectivity index is 1.77. The molecule has 0 fully saturated rings. The maximum atomic E-state index is 14.2. The average molecular weight is 1530 g/mol. The van der Waals surface area contributed by atoms with E-state index in [1.54, 1.807) is 50.4 Å². The first-order valence-electron chi connectivity index (χ1n) is 33.7. The summed E-state index contributed by atoms with van der Waals surface area (Å²) in [5, 5.41) is 110. The number of phenols is 2. The molecule has 588 valence electrons. The lowest BCUT2D eigenvalue weighted by Gasteiger charge is -2.28. The molecular weight excluding hydrogens is 1430 g/mol. The highest BCUT2D eigenvalue weighted by Gasteiger charge is 2.38. The molecule has 3 aromatic carbocycles. The van der Waals surface area contributed by atoms with Crippen LogP contribution in [0, 0.1) is 5.92 Å². The Morgan fingerprint density at radius 1 is 0.421 bits per heavy atom. The van der Waals surface area contributed by atoms with Gasteiger partial charge in [0.1, 0.15) is 84.0 Å². The number of nitrogens with two attached hydrogens (primary N) is 1. The van der Waals surface area contributed by atoms with E-state index < -0.39 is 231 Å². The lowest BCUT2D eigenvalue weighted by Crippen LogP contribution is -2.62. The lowest BCUT2D eigenvalue weighted by atomic mass is 9.97. The van der Waals surface area contributed by atoms with Crippen LogP contribution in [0.5, 0.6) is 11.5 Å². The number of benzene rings is 3. The van der Waals surface area contributed by atoms with Crippen LogP contribution < -0.4 is 74.9 Å². The topological polar surface area (TPSA) is 617 Å². The first-order chi connectivity index (χ1) is 50.4. The second kappa shape index (κ2) is 45.4. The summed E-state index contributed by atoms with van der Waals surface area (Å²) in [7, 11) is 0. The highest BCUT2D eigenvalue weighted by Crippen LogP contribution is 2.16. The van der Waals surface area contributed by atoms with Gasteiger partial charge in [-0.3, -0.25) is 71.9 Å². The monoisotopic (exact) mass is 1520 g/mol. The second-order valence-electron chi connectivity index (χ2n) is 25.0. The highest BCUT2D eigenvalue weighted by atomic mass is 32.2. The molecule has 23 N–H and O–H groups in total. The van der Waals surface area contributed by atoms with Crippen LogP contribution in [0.25, 0.3) is 0 Å². The largest absolute Gasteiger partial charge is 0.508 e. The number of amides is 13. The fourth-order valence-electron chi connectivity index (χ4n) is 9.90. The van der Waals surface area contributed by atoms with Crippen LogP contribution in [-0.2, 0) is 96.0 Å².